The number of benzene rings is 2. The van der Waals surface area contributed by atoms with Crippen LogP contribution in [0.2, 0.25) is 0 Å². The van der Waals surface area contributed by atoms with E-state index in [0.717, 1.165) is 6.42 Å². The van der Waals surface area contributed by atoms with E-state index in [1.54, 1.807) is 18.2 Å². The standard InChI is InChI=1S/C20H18O2/c21-18-9-5-4-8-16(18)20(22)17-12-14-10-11-15(17)19(14)13-6-2-1-3-7-13/h1-11,14-15,17,19,21H,12H2/t14-,15+,17+,19?/m0/s1. The van der Waals surface area contributed by atoms with Crippen LogP contribution in [0.15, 0.2) is 66.7 Å². The van der Waals surface area contributed by atoms with Gasteiger partial charge >= 0.3 is 0 Å². The Morgan fingerprint density at radius 1 is 0.955 bits per heavy atom. The van der Waals surface area contributed by atoms with Crippen LogP contribution in [0.3, 0.4) is 0 Å². The molecule has 4 rings (SSSR count). The van der Waals surface area contributed by atoms with Crippen LogP contribution in [-0.4, -0.2) is 10.9 Å². The van der Waals surface area contributed by atoms with E-state index in [4.69, 9.17) is 0 Å². The second-order valence-corrected chi connectivity index (χ2v) is 6.29. The number of hydrogen-bond donors (Lipinski definition) is 1. The van der Waals surface area contributed by atoms with Crippen molar-refractivity contribution in [2.24, 2.45) is 17.8 Å². The molecule has 4 atom stereocenters. The molecule has 2 aromatic carbocycles. The average Bonchev–Trinajstić information content (AvgIpc) is 3.13. The topological polar surface area (TPSA) is 37.3 Å². The highest BCUT2D eigenvalue weighted by Gasteiger charge is 2.48. The summed E-state index contributed by atoms with van der Waals surface area (Å²) in [5.41, 5.74) is 1.77. The first-order valence-corrected chi connectivity index (χ1v) is 7.81. The number of phenols is 1. The molecule has 1 unspecified atom stereocenters. The van der Waals surface area contributed by atoms with E-state index in [1.165, 1.54) is 5.56 Å². The summed E-state index contributed by atoms with van der Waals surface area (Å²) in [6, 6.07) is 17.3. The van der Waals surface area contributed by atoms with Gasteiger partial charge in [0.15, 0.2) is 5.78 Å². The lowest BCUT2D eigenvalue weighted by molar-refractivity contribution is 0.0897. The number of carbonyl (C=O) groups excluding carboxylic acids is 1. The molecule has 2 nitrogen and oxygen atoms in total. The molecular weight excluding hydrogens is 272 g/mol. The lowest BCUT2D eigenvalue weighted by atomic mass is 9.83. The van der Waals surface area contributed by atoms with Gasteiger partial charge in [0.25, 0.3) is 0 Å². The minimum atomic E-state index is -0.0199. The monoisotopic (exact) mass is 290 g/mol. The van der Waals surface area contributed by atoms with Crippen LogP contribution >= 0.6 is 0 Å². The van der Waals surface area contributed by atoms with Crippen molar-refractivity contribution in [3.63, 3.8) is 0 Å². The second kappa shape index (κ2) is 5.13. The van der Waals surface area contributed by atoms with Crippen molar-refractivity contribution in [2.45, 2.75) is 12.3 Å². The SMILES string of the molecule is O=C(c1ccccc1O)[C@@H]1C[C@@H]2C=C[C@H]1C2c1ccccc1. The van der Waals surface area contributed by atoms with Crippen LogP contribution in [0.25, 0.3) is 0 Å². The van der Waals surface area contributed by atoms with E-state index in [0.29, 0.717) is 17.4 Å². The van der Waals surface area contributed by atoms with Gasteiger partial charge < -0.3 is 5.11 Å². The molecule has 1 saturated carbocycles. The van der Waals surface area contributed by atoms with Crippen LogP contribution < -0.4 is 0 Å². The highest BCUT2D eigenvalue weighted by atomic mass is 16.3. The quantitative estimate of drug-likeness (QED) is 0.680. The third-order valence-electron chi connectivity index (χ3n) is 5.14. The maximum Gasteiger partial charge on any atom is 0.170 e. The molecule has 2 aromatic rings. The minimum absolute atomic E-state index is 0.0199. The summed E-state index contributed by atoms with van der Waals surface area (Å²) in [4.78, 5) is 12.8. The van der Waals surface area contributed by atoms with Gasteiger partial charge in [-0.15, -0.1) is 0 Å². The van der Waals surface area contributed by atoms with Crippen molar-refractivity contribution in [3.05, 3.63) is 77.9 Å². The predicted octanol–water partition coefficient (Wildman–Crippen LogP) is 4.18. The first kappa shape index (κ1) is 13.3. The first-order chi connectivity index (χ1) is 10.8. The van der Waals surface area contributed by atoms with Crippen LogP contribution in [0, 0.1) is 17.8 Å². The zero-order valence-electron chi connectivity index (χ0n) is 12.2. The van der Waals surface area contributed by atoms with Gasteiger partial charge in [0.2, 0.25) is 0 Å². The highest BCUT2D eigenvalue weighted by molar-refractivity contribution is 6.01. The number of rotatable bonds is 3. The van der Waals surface area contributed by atoms with Crippen molar-refractivity contribution in [1.29, 1.82) is 0 Å². The zero-order chi connectivity index (χ0) is 15.1. The molecule has 1 N–H and O–H groups in total. The number of hydrogen-bond acceptors (Lipinski definition) is 2. The van der Waals surface area contributed by atoms with Crippen LogP contribution in [0.5, 0.6) is 5.75 Å². The summed E-state index contributed by atoms with van der Waals surface area (Å²) in [6.45, 7) is 0. The number of ketones is 1. The summed E-state index contributed by atoms with van der Waals surface area (Å²) in [6.07, 6.45) is 5.35. The molecule has 0 heterocycles. The summed E-state index contributed by atoms with van der Waals surface area (Å²) < 4.78 is 0. The first-order valence-electron chi connectivity index (χ1n) is 7.81. The van der Waals surface area contributed by atoms with Gasteiger partial charge in [-0.1, -0.05) is 54.6 Å². The molecular formula is C20H18O2. The van der Waals surface area contributed by atoms with E-state index in [2.05, 4.69) is 36.4 Å². The lowest BCUT2D eigenvalue weighted by Crippen LogP contribution is -2.20. The number of fused-ring (bicyclic) bond motifs is 2. The molecule has 2 aliphatic rings. The molecule has 0 radical (unpaired) electrons. The van der Waals surface area contributed by atoms with Crippen LogP contribution in [-0.2, 0) is 0 Å². The van der Waals surface area contributed by atoms with Crippen molar-refractivity contribution in [2.75, 3.05) is 0 Å². The predicted molar refractivity (Wildman–Crippen MR) is 85.8 cm³/mol. The molecule has 0 amide bonds. The molecule has 2 aliphatic carbocycles. The largest absolute Gasteiger partial charge is 0.507 e. The Bertz CT molecular complexity index is 732. The molecule has 22 heavy (non-hydrogen) atoms. The third-order valence-corrected chi connectivity index (χ3v) is 5.14. The van der Waals surface area contributed by atoms with Crippen LogP contribution in [0.1, 0.15) is 28.3 Å². The number of phenolic OH excluding ortho intramolecular Hbond substituents is 1. The van der Waals surface area contributed by atoms with Crippen LogP contribution in [0.4, 0.5) is 0 Å². The fourth-order valence-electron chi connectivity index (χ4n) is 4.16. The van der Waals surface area contributed by atoms with Crippen molar-refractivity contribution in [3.8, 4) is 5.75 Å². The summed E-state index contributed by atoms with van der Waals surface area (Å²) in [5, 5.41) is 9.96. The molecule has 0 aliphatic heterocycles. The summed E-state index contributed by atoms with van der Waals surface area (Å²) in [5.74, 6) is 1.24. The van der Waals surface area contributed by atoms with Gasteiger partial charge in [-0.25, -0.2) is 0 Å². The van der Waals surface area contributed by atoms with E-state index < -0.39 is 0 Å². The minimum Gasteiger partial charge on any atom is -0.507 e. The third kappa shape index (κ3) is 1.98. The molecule has 0 aromatic heterocycles. The van der Waals surface area contributed by atoms with E-state index in [-0.39, 0.29) is 23.4 Å². The highest BCUT2D eigenvalue weighted by Crippen LogP contribution is 2.54. The van der Waals surface area contributed by atoms with Gasteiger partial charge in [-0.3, -0.25) is 4.79 Å². The normalized spacial score (nSPS) is 28.9. The molecule has 2 bridgehead atoms. The Labute approximate surface area is 130 Å². The Kier molecular flexibility index (Phi) is 3.11. The average molecular weight is 290 g/mol. The Morgan fingerprint density at radius 3 is 2.45 bits per heavy atom. The fraction of sp³-hybridized carbons (Fsp3) is 0.250. The van der Waals surface area contributed by atoms with Crippen molar-refractivity contribution in [1.82, 2.24) is 0 Å². The number of carbonyl (C=O) groups is 1. The second-order valence-electron chi connectivity index (χ2n) is 6.29. The van der Waals surface area contributed by atoms with Gasteiger partial charge in [-0.05, 0) is 41.9 Å². The lowest BCUT2D eigenvalue weighted by Gasteiger charge is -2.20. The maximum atomic E-state index is 12.8. The van der Waals surface area contributed by atoms with Gasteiger partial charge in [-0.2, -0.15) is 0 Å². The number of Topliss-reactive ketones (excluding diaryl/α,β-unsaturated/α-hetero) is 1. The molecule has 1 fully saturated rings. The number of aromatic hydroxyl groups is 1. The number of allylic oxidation sites excluding steroid dienone is 2. The Hall–Kier alpha value is -2.35. The zero-order valence-corrected chi connectivity index (χ0v) is 12.2. The maximum absolute atomic E-state index is 12.8. The van der Waals surface area contributed by atoms with Crippen molar-refractivity contribution < 1.29 is 9.90 Å². The molecule has 0 saturated heterocycles. The van der Waals surface area contributed by atoms with E-state index in [1.807, 2.05) is 12.1 Å². The Morgan fingerprint density at radius 2 is 1.68 bits per heavy atom. The molecule has 110 valence electrons. The molecule has 0 spiro atoms. The molecule has 2 heteroatoms. The van der Waals surface area contributed by atoms with Gasteiger partial charge in [0, 0.05) is 5.92 Å². The fourth-order valence-corrected chi connectivity index (χ4v) is 4.16. The number of para-hydroxylation sites is 1. The van der Waals surface area contributed by atoms with Gasteiger partial charge in [0.05, 0.1) is 5.56 Å². The summed E-state index contributed by atoms with van der Waals surface area (Å²) >= 11 is 0. The van der Waals surface area contributed by atoms with Gasteiger partial charge in [0.1, 0.15) is 5.75 Å². The summed E-state index contributed by atoms with van der Waals surface area (Å²) in [7, 11) is 0. The van der Waals surface area contributed by atoms with E-state index in [9.17, 15) is 9.90 Å². The smallest absolute Gasteiger partial charge is 0.170 e. The van der Waals surface area contributed by atoms with E-state index >= 15 is 0 Å². The van der Waals surface area contributed by atoms with Crippen molar-refractivity contribution >= 4 is 5.78 Å². The Balaban J connectivity index is 1.65.